The third-order valence-electron chi connectivity index (χ3n) is 7.86. The third kappa shape index (κ3) is 5.50. The maximum atomic E-state index is 9.27. The summed E-state index contributed by atoms with van der Waals surface area (Å²) in [4.78, 5) is 0. The van der Waals surface area contributed by atoms with Gasteiger partial charge in [0.05, 0.1) is 36.6 Å². The van der Waals surface area contributed by atoms with Crippen molar-refractivity contribution in [3.05, 3.63) is 95.1 Å². The van der Waals surface area contributed by atoms with Gasteiger partial charge < -0.3 is 9.47 Å². The second-order valence-electron chi connectivity index (χ2n) is 10.1. The average molecular weight is 468 g/mol. The first-order valence-corrected chi connectivity index (χ1v) is 12.8. The first-order valence-electron chi connectivity index (χ1n) is 12.8. The van der Waals surface area contributed by atoms with E-state index in [1.807, 2.05) is 24.3 Å². The quantitative estimate of drug-likeness (QED) is 0.358. The van der Waals surface area contributed by atoms with Crippen LogP contribution in [-0.4, -0.2) is 18.3 Å². The highest BCUT2D eigenvalue weighted by molar-refractivity contribution is 5.66. The fraction of sp³-hybridized carbons (Fsp3) is 0.406. The predicted molar refractivity (Wildman–Crippen MR) is 142 cm³/mol. The Labute approximate surface area is 210 Å². The zero-order valence-corrected chi connectivity index (χ0v) is 21.6. The molecular formula is C32H37NO2. The summed E-state index contributed by atoms with van der Waals surface area (Å²) >= 11 is 0. The van der Waals surface area contributed by atoms with E-state index in [0.29, 0.717) is 24.0 Å². The van der Waals surface area contributed by atoms with Crippen LogP contribution >= 0.6 is 0 Å². The van der Waals surface area contributed by atoms with Crippen molar-refractivity contribution in [2.24, 2.45) is 11.8 Å². The van der Waals surface area contributed by atoms with E-state index in [2.05, 4.69) is 89.2 Å². The van der Waals surface area contributed by atoms with Crippen molar-refractivity contribution >= 4 is 0 Å². The van der Waals surface area contributed by atoms with Crippen LogP contribution < -0.4 is 0 Å². The molecule has 0 aromatic heterocycles. The highest BCUT2D eigenvalue weighted by Gasteiger charge is 2.44. The fourth-order valence-electron chi connectivity index (χ4n) is 5.54. The summed E-state index contributed by atoms with van der Waals surface area (Å²) in [5.74, 6) is 1.04. The zero-order chi connectivity index (χ0) is 24.9. The summed E-state index contributed by atoms with van der Waals surface area (Å²) in [6.45, 7) is 11.9. The van der Waals surface area contributed by atoms with Gasteiger partial charge in [0.1, 0.15) is 0 Å². The Morgan fingerprint density at radius 3 is 2.37 bits per heavy atom. The molecular weight excluding hydrogens is 430 g/mol. The summed E-state index contributed by atoms with van der Waals surface area (Å²) in [7, 11) is 0. The molecule has 0 amide bonds. The number of aryl methyl sites for hydroxylation is 1. The van der Waals surface area contributed by atoms with Gasteiger partial charge in [-0.2, -0.15) is 5.26 Å². The minimum absolute atomic E-state index is 0.0127. The van der Waals surface area contributed by atoms with E-state index in [9.17, 15) is 5.26 Å². The van der Waals surface area contributed by atoms with Crippen molar-refractivity contribution in [1.82, 2.24) is 0 Å². The molecule has 0 bridgehead atoms. The molecule has 3 aromatic carbocycles. The van der Waals surface area contributed by atoms with Crippen LogP contribution in [0.5, 0.6) is 0 Å². The smallest absolute Gasteiger partial charge is 0.0991 e. The molecule has 1 heterocycles. The lowest BCUT2D eigenvalue weighted by molar-refractivity contribution is -0.197. The summed E-state index contributed by atoms with van der Waals surface area (Å²) in [6, 6.07) is 27.1. The highest BCUT2D eigenvalue weighted by Crippen LogP contribution is 2.41. The molecule has 2 unspecified atom stereocenters. The van der Waals surface area contributed by atoms with Crippen LogP contribution in [0.2, 0.25) is 0 Å². The Morgan fingerprint density at radius 2 is 1.69 bits per heavy atom. The van der Waals surface area contributed by atoms with Crippen LogP contribution in [0.25, 0.3) is 11.1 Å². The number of hydrogen-bond acceptors (Lipinski definition) is 3. The van der Waals surface area contributed by atoms with Crippen molar-refractivity contribution in [1.29, 1.82) is 5.26 Å². The predicted octanol–water partition coefficient (Wildman–Crippen LogP) is 7.67. The summed E-state index contributed by atoms with van der Waals surface area (Å²) in [5.41, 5.74) is 6.60. The number of rotatable bonds is 7. The van der Waals surface area contributed by atoms with Gasteiger partial charge in [-0.05, 0) is 65.1 Å². The first-order chi connectivity index (χ1) is 16.9. The monoisotopic (exact) mass is 467 g/mol. The van der Waals surface area contributed by atoms with E-state index < -0.39 is 0 Å². The SMILES string of the molecule is CCC1O[C@H]([C@H](C)c2ccc(-c3cccc(C#N)c3)cc2C)C(OCc2ccccc2)[C@@H](C)[C@@H]1C. The van der Waals surface area contributed by atoms with Gasteiger partial charge in [-0.25, -0.2) is 0 Å². The van der Waals surface area contributed by atoms with Gasteiger partial charge in [-0.3, -0.25) is 0 Å². The molecule has 4 rings (SSSR count). The Morgan fingerprint density at radius 1 is 0.943 bits per heavy atom. The molecule has 3 heteroatoms. The van der Waals surface area contributed by atoms with E-state index in [1.54, 1.807) is 0 Å². The van der Waals surface area contributed by atoms with Gasteiger partial charge in [0.25, 0.3) is 0 Å². The lowest BCUT2D eigenvalue weighted by Gasteiger charge is -2.47. The van der Waals surface area contributed by atoms with Crippen LogP contribution in [0.4, 0.5) is 0 Å². The maximum absolute atomic E-state index is 9.27. The van der Waals surface area contributed by atoms with Crippen molar-refractivity contribution in [2.45, 2.75) is 71.9 Å². The summed E-state index contributed by atoms with van der Waals surface area (Å²) in [6.07, 6.45) is 1.26. The average Bonchev–Trinajstić information content (AvgIpc) is 2.89. The Bertz CT molecular complexity index is 1170. The lowest BCUT2D eigenvalue weighted by Crippen LogP contribution is -2.52. The highest BCUT2D eigenvalue weighted by atomic mass is 16.6. The molecule has 1 aliphatic heterocycles. The molecule has 0 aliphatic carbocycles. The normalized spacial score (nSPS) is 25.1. The second kappa shape index (κ2) is 11.2. The van der Waals surface area contributed by atoms with Crippen molar-refractivity contribution < 1.29 is 9.47 Å². The molecule has 3 aromatic rings. The van der Waals surface area contributed by atoms with Gasteiger partial charge in [0.15, 0.2) is 0 Å². The minimum atomic E-state index is -0.0127. The number of nitrogens with zero attached hydrogens (tertiary/aromatic N) is 1. The largest absolute Gasteiger partial charge is 0.371 e. The molecule has 0 radical (unpaired) electrons. The van der Waals surface area contributed by atoms with Gasteiger partial charge >= 0.3 is 0 Å². The van der Waals surface area contributed by atoms with E-state index in [-0.39, 0.29) is 24.2 Å². The third-order valence-corrected chi connectivity index (χ3v) is 7.86. The molecule has 182 valence electrons. The second-order valence-corrected chi connectivity index (χ2v) is 10.1. The van der Waals surface area contributed by atoms with Crippen LogP contribution in [0, 0.1) is 30.1 Å². The lowest BCUT2D eigenvalue weighted by atomic mass is 9.75. The topological polar surface area (TPSA) is 42.2 Å². The van der Waals surface area contributed by atoms with Crippen LogP contribution in [0.1, 0.15) is 62.3 Å². The van der Waals surface area contributed by atoms with Gasteiger partial charge in [-0.15, -0.1) is 0 Å². The molecule has 0 saturated carbocycles. The van der Waals surface area contributed by atoms with E-state index in [4.69, 9.17) is 9.47 Å². The number of nitriles is 1. The number of ether oxygens (including phenoxy) is 2. The molecule has 3 nitrogen and oxygen atoms in total. The summed E-state index contributed by atoms with van der Waals surface area (Å²) < 4.78 is 13.4. The van der Waals surface area contributed by atoms with Crippen LogP contribution in [0.15, 0.2) is 72.8 Å². The minimum Gasteiger partial charge on any atom is -0.371 e. The van der Waals surface area contributed by atoms with Crippen LogP contribution in [-0.2, 0) is 16.1 Å². The standard InChI is InChI=1S/C32H37NO2/c1-6-30-22(3)23(4)31(34-20-25-11-8-7-9-12-25)32(35-30)24(5)29-16-15-28(17-21(29)2)27-14-10-13-26(18-27)19-33/h7-18,22-24,30-32H,6,20H2,1-5H3/t22-,23-,24+,30?,31?,32+/m0/s1. The van der Waals surface area contributed by atoms with E-state index in [0.717, 1.165) is 17.5 Å². The molecule has 1 saturated heterocycles. The maximum Gasteiger partial charge on any atom is 0.0991 e. The van der Waals surface area contributed by atoms with Crippen molar-refractivity contribution in [2.75, 3.05) is 0 Å². The molecule has 1 aliphatic rings. The molecule has 0 N–H and O–H groups in total. The fourth-order valence-corrected chi connectivity index (χ4v) is 5.54. The molecule has 6 atom stereocenters. The van der Waals surface area contributed by atoms with E-state index >= 15 is 0 Å². The van der Waals surface area contributed by atoms with Crippen LogP contribution in [0.3, 0.4) is 0 Å². The van der Waals surface area contributed by atoms with Crippen molar-refractivity contribution in [3.8, 4) is 17.2 Å². The molecule has 0 spiro atoms. The van der Waals surface area contributed by atoms with Crippen molar-refractivity contribution in [3.63, 3.8) is 0 Å². The van der Waals surface area contributed by atoms with E-state index in [1.165, 1.54) is 16.7 Å². The van der Waals surface area contributed by atoms with Gasteiger partial charge in [0.2, 0.25) is 0 Å². The van der Waals surface area contributed by atoms with Gasteiger partial charge in [-0.1, -0.05) is 88.4 Å². The first kappa shape index (κ1) is 25.2. The summed E-state index contributed by atoms with van der Waals surface area (Å²) in [5, 5.41) is 9.27. The Kier molecular flexibility index (Phi) is 8.06. The van der Waals surface area contributed by atoms with Gasteiger partial charge in [0, 0.05) is 5.92 Å². The number of hydrogen-bond donors (Lipinski definition) is 0. The Balaban J connectivity index is 1.61. The molecule has 35 heavy (non-hydrogen) atoms. The Hall–Kier alpha value is -2.93. The zero-order valence-electron chi connectivity index (χ0n) is 21.6. The molecule has 1 fully saturated rings. The number of benzene rings is 3.